The van der Waals surface area contributed by atoms with Crippen molar-refractivity contribution >= 4 is 28.4 Å². The van der Waals surface area contributed by atoms with Crippen LogP contribution < -0.4 is 10.6 Å². The molecule has 26 heavy (non-hydrogen) atoms. The van der Waals surface area contributed by atoms with E-state index in [1.54, 1.807) is 0 Å². The summed E-state index contributed by atoms with van der Waals surface area (Å²) < 4.78 is 3.84. The molecule has 7 heteroatoms. The lowest BCUT2D eigenvalue weighted by atomic mass is 10.2. The van der Waals surface area contributed by atoms with Crippen LogP contribution in [0, 0.1) is 6.92 Å². The van der Waals surface area contributed by atoms with Gasteiger partial charge in [0.15, 0.2) is 11.6 Å². The molecular weight excluding hydrogens is 326 g/mol. The van der Waals surface area contributed by atoms with Crippen molar-refractivity contribution in [2.24, 2.45) is 14.1 Å². The third-order valence-corrected chi connectivity index (χ3v) is 4.38. The van der Waals surface area contributed by atoms with Crippen LogP contribution in [0.15, 0.2) is 42.6 Å². The van der Waals surface area contributed by atoms with Gasteiger partial charge in [0.05, 0.1) is 11.2 Å². The fourth-order valence-electron chi connectivity index (χ4n) is 3.07. The number of hydrogen-bond donors (Lipinski definition) is 2. The number of nitrogens with one attached hydrogen (secondary N) is 2. The predicted octanol–water partition coefficient (Wildman–Crippen LogP) is 3.46. The van der Waals surface area contributed by atoms with Crippen molar-refractivity contribution in [1.82, 2.24) is 24.3 Å². The van der Waals surface area contributed by atoms with Crippen LogP contribution in [-0.4, -0.2) is 31.4 Å². The molecule has 0 bridgehead atoms. The normalized spacial score (nSPS) is 11.1. The minimum Gasteiger partial charge on any atom is -0.388 e. The van der Waals surface area contributed by atoms with Crippen molar-refractivity contribution < 1.29 is 0 Å². The van der Waals surface area contributed by atoms with Gasteiger partial charge in [-0.15, -0.1) is 0 Å². The Hall–Kier alpha value is -3.35. The van der Waals surface area contributed by atoms with Gasteiger partial charge in [-0.05, 0) is 25.1 Å². The Morgan fingerprint density at radius 3 is 2.62 bits per heavy atom. The van der Waals surface area contributed by atoms with E-state index in [0.29, 0.717) is 5.82 Å². The van der Waals surface area contributed by atoms with Gasteiger partial charge in [-0.25, -0.2) is 9.97 Å². The van der Waals surface area contributed by atoms with Crippen LogP contribution in [0.1, 0.15) is 5.69 Å². The fraction of sp³-hybridized carbons (Fsp3) is 0.211. The van der Waals surface area contributed by atoms with E-state index < -0.39 is 0 Å². The van der Waals surface area contributed by atoms with Crippen LogP contribution in [0.3, 0.4) is 0 Å². The molecule has 0 unspecified atom stereocenters. The topological polar surface area (TPSA) is 72.6 Å². The van der Waals surface area contributed by atoms with Crippen LogP contribution in [0.4, 0.5) is 17.3 Å². The molecule has 0 amide bonds. The van der Waals surface area contributed by atoms with Crippen molar-refractivity contribution in [3.05, 3.63) is 48.3 Å². The molecule has 1 aromatic carbocycles. The third kappa shape index (κ3) is 2.77. The molecule has 0 spiro atoms. The quantitative estimate of drug-likeness (QED) is 0.591. The number of anilines is 3. The molecule has 132 valence electrons. The predicted molar refractivity (Wildman–Crippen MR) is 105 cm³/mol. The molecule has 0 aliphatic carbocycles. The van der Waals surface area contributed by atoms with Crippen LogP contribution in [0.5, 0.6) is 0 Å². The first-order valence-corrected chi connectivity index (χ1v) is 8.44. The highest BCUT2D eigenvalue weighted by Crippen LogP contribution is 2.28. The SMILES string of the molecule is CNc1cccc(-c2nc(Nc3cc(C)nn3C)c3c(ccn3C)n2)c1. The maximum Gasteiger partial charge on any atom is 0.162 e. The first kappa shape index (κ1) is 16.1. The maximum absolute atomic E-state index is 4.81. The van der Waals surface area contributed by atoms with E-state index in [2.05, 4.69) is 15.7 Å². The standard InChI is InChI=1S/C19H21N7/c1-12-10-16(26(4)24-12)22-19-17-15(8-9-25(17)3)21-18(23-19)13-6-5-7-14(11-13)20-2/h5-11,20H,1-4H3,(H,21,22,23). The van der Waals surface area contributed by atoms with Gasteiger partial charge < -0.3 is 15.2 Å². The van der Waals surface area contributed by atoms with E-state index in [-0.39, 0.29) is 0 Å². The Bertz CT molecular complexity index is 1090. The van der Waals surface area contributed by atoms with Crippen LogP contribution in [0.25, 0.3) is 22.4 Å². The summed E-state index contributed by atoms with van der Waals surface area (Å²) in [5, 5.41) is 11.0. The minimum absolute atomic E-state index is 0.683. The number of hydrogen-bond acceptors (Lipinski definition) is 5. The summed E-state index contributed by atoms with van der Waals surface area (Å²) in [6, 6.07) is 12.1. The highest BCUT2D eigenvalue weighted by atomic mass is 15.3. The van der Waals surface area contributed by atoms with Crippen molar-refractivity contribution in [2.75, 3.05) is 17.7 Å². The summed E-state index contributed by atoms with van der Waals surface area (Å²) in [6.45, 7) is 1.97. The van der Waals surface area contributed by atoms with Gasteiger partial charge in [-0.1, -0.05) is 12.1 Å². The zero-order valence-corrected chi connectivity index (χ0v) is 15.3. The second-order valence-electron chi connectivity index (χ2n) is 6.31. The van der Waals surface area contributed by atoms with Gasteiger partial charge in [0.2, 0.25) is 0 Å². The first-order chi connectivity index (χ1) is 12.5. The zero-order valence-electron chi connectivity index (χ0n) is 15.3. The van der Waals surface area contributed by atoms with Crippen molar-refractivity contribution in [1.29, 1.82) is 0 Å². The average Bonchev–Trinajstić information content (AvgIpc) is 3.17. The van der Waals surface area contributed by atoms with E-state index >= 15 is 0 Å². The second kappa shape index (κ2) is 6.18. The number of aromatic nitrogens is 5. The highest BCUT2D eigenvalue weighted by Gasteiger charge is 2.14. The summed E-state index contributed by atoms with van der Waals surface area (Å²) in [4.78, 5) is 9.56. The van der Waals surface area contributed by atoms with E-state index in [1.165, 1.54) is 0 Å². The molecule has 0 aliphatic heterocycles. The molecule has 4 rings (SSSR count). The van der Waals surface area contributed by atoms with Gasteiger partial charge in [0.25, 0.3) is 0 Å². The van der Waals surface area contributed by atoms with E-state index in [0.717, 1.165) is 39.6 Å². The lowest BCUT2D eigenvalue weighted by Crippen LogP contribution is -2.04. The number of aryl methyl sites for hydroxylation is 3. The van der Waals surface area contributed by atoms with Gasteiger partial charge in [0.1, 0.15) is 11.3 Å². The van der Waals surface area contributed by atoms with Crippen molar-refractivity contribution in [2.45, 2.75) is 6.92 Å². The van der Waals surface area contributed by atoms with Gasteiger partial charge in [0, 0.05) is 44.7 Å². The third-order valence-electron chi connectivity index (χ3n) is 4.38. The van der Waals surface area contributed by atoms with Crippen LogP contribution in [0.2, 0.25) is 0 Å². The molecule has 0 atom stereocenters. The Labute approximate surface area is 151 Å². The highest BCUT2D eigenvalue weighted by molar-refractivity contribution is 5.90. The fourth-order valence-corrected chi connectivity index (χ4v) is 3.07. The molecule has 3 aromatic heterocycles. The Morgan fingerprint density at radius 2 is 1.88 bits per heavy atom. The smallest absolute Gasteiger partial charge is 0.162 e. The summed E-state index contributed by atoms with van der Waals surface area (Å²) in [7, 11) is 5.81. The maximum atomic E-state index is 4.81. The minimum atomic E-state index is 0.683. The molecule has 0 radical (unpaired) electrons. The lowest BCUT2D eigenvalue weighted by Gasteiger charge is -2.11. The molecular formula is C19H21N7. The molecule has 0 saturated heterocycles. The Balaban J connectivity index is 1.87. The molecule has 7 nitrogen and oxygen atoms in total. The zero-order chi connectivity index (χ0) is 18.3. The number of fused-ring (bicyclic) bond motifs is 1. The molecule has 3 heterocycles. The molecule has 0 fully saturated rings. The molecule has 0 saturated carbocycles. The van der Waals surface area contributed by atoms with Gasteiger partial charge in [-0.2, -0.15) is 5.10 Å². The van der Waals surface area contributed by atoms with Crippen LogP contribution in [-0.2, 0) is 14.1 Å². The average molecular weight is 347 g/mol. The Morgan fingerprint density at radius 1 is 1.04 bits per heavy atom. The molecule has 4 aromatic rings. The summed E-state index contributed by atoms with van der Waals surface area (Å²) in [6.07, 6.45) is 1.99. The number of rotatable bonds is 4. The number of benzene rings is 1. The van der Waals surface area contributed by atoms with E-state index in [1.807, 2.05) is 79.9 Å². The van der Waals surface area contributed by atoms with E-state index in [9.17, 15) is 0 Å². The summed E-state index contributed by atoms with van der Waals surface area (Å²) in [5.41, 5.74) is 4.79. The van der Waals surface area contributed by atoms with E-state index in [4.69, 9.17) is 9.97 Å². The van der Waals surface area contributed by atoms with Crippen molar-refractivity contribution in [3.63, 3.8) is 0 Å². The first-order valence-electron chi connectivity index (χ1n) is 8.44. The Kier molecular flexibility index (Phi) is 3.84. The summed E-state index contributed by atoms with van der Waals surface area (Å²) >= 11 is 0. The van der Waals surface area contributed by atoms with Crippen molar-refractivity contribution in [3.8, 4) is 11.4 Å². The molecule has 0 aliphatic rings. The monoisotopic (exact) mass is 347 g/mol. The van der Waals surface area contributed by atoms with Gasteiger partial charge >= 0.3 is 0 Å². The number of nitrogens with zero attached hydrogens (tertiary/aromatic N) is 5. The lowest BCUT2D eigenvalue weighted by molar-refractivity contribution is 0.764. The largest absolute Gasteiger partial charge is 0.388 e. The molecule has 2 N–H and O–H groups in total. The van der Waals surface area contributed by atoms with Gasteiger partial charge in [-0.3, -0.25) is 4.68 Å². The van der Waals surface area contributed by atoms with Crippen LogP contribution >= 0.6 is 0 Å². The summed E-state index contributed by atoms with van der Waals surface area (Å²) in [5.74, 6) is 2.33. The second-order valence-corrected chi connectivity index (χ2v) is 6.31.